The summed E-state index contributed by atoms with van der Waals surface area (Å²) in [5, 5.41) is 0. The van der Waals surface area contributed by atoms with Gasteiger partial charge in [-0.1, -0.05) is 24.3 Å². The van der Waals surface area contributed by atoms with Gasteiger partial charge < -0.3 is 4.74 Å². The molecule has 0 aliphatic heterocycles. The molecule has 0 spiro atoms. The zero-order valence-electron chi connectivity index (χ0n) is 13.1. The molecule has 0 aliphatic carbocycles. The summed E-state index contributed by atoms with van der Waals surface area (Å²) >= 11 is 0. The molecule has 3 rings (SSSR count). The molecule has 3 aromatic rings. The molecule has 2 heterocycles. The van der Waals surface area contributed by atoms with E-state index in [9.17, 15) is 4.79 Å². The number of hydrogen-bond donors (Lipinski definition) is 0. The number of ether oxygens (including phenoxy) is 1. The molecule has 0 radical (unpaired) electrons. The highest BCUT2D eigenvalue weighted by Crippen LogP contribution is 2.22. The average Bonchev–Trinajstić information content (AvgIpc) is 2.66. The molecule has 0 aliphatic rings. The van der Waals surface area contributed by atoms with Gasteiger partial charge in [0.2, 0.25) is 0 Å². The smallest absolute Gasteiger partial charge is 0.338 e. The van der Waals surface area contributed by atoms with E-state index in [0.717, 1.165) is 29.5 Å². The molecule has 5 nitrogen and oxygen atoms in total. The van der Waals surface area contributed by atoms with Crippen LogP contribution in [0.25, 0.3) is 11.1 Å². The Morgan fingerprint density at radius 2 is 1.79 bits per heavy atom. The molecule has 5 heteroatoms. The molecule has 0 unspecified atom stereocenters. The van der Waals surface area contributed by atoms with Crippen LogP contribution in [-0.2, 0) is 11.2 Å². The Labute approximate surface area is 140 Å². The van der Waals surface area contributed by atoms with Gasteiger partial charge in [-0.05, 0) is 36.1 Å². The van der Waals surface area contributed by atoms with Gasteiger partial charge in [0.15, 0.2) is 0 Å². The van der Waals surface area contributed by atoms with Crippen molar-refractivity contribution < 1.29 is 9.53 Å². The standard InChI is InChI=1S/C19H17N3O2/c23-19(24-10-4-6-15-5-3-9-20-11-15)18-8-2-1-7-17(18)16-12-21-14-22-13-16/h1-3,5,7-9,11-14H,4,6,10H2. The molecular weight excluding hydrogens is 302 g/mol. The number of carbonyl (C=O) groups excluding carboxylic acids is 1. The Kier molecular flexibility index (Phi) is 5.24. The van der Waals surface area contributed by atoms with Gasteiger partial charge in [-0.25, -0.2) is 14.8 Å². The summed E-state index contributed by atoms with van der Waals surface area (Å²) < 4.78 is 5.41. The Morgan fingerprint density at radius 1 is 0.958 bits per heavy atom. The van der Waals surface area contributed by atoms with E-state index in [4.69, 9.17) is 4.74 Å². The molecular formula is C19H17N3O2. The van der Waals surface area contributed by atoms with E-state index in [0.29, 0.717) is 12.2 Å². The van der Waals surface area contributed by atoms with Crippen LogP contribution in [0.3, 0.4) is 0 Å². The van der Waals surface area contributed by atoms with E-state index in [-0.39, 0.29) is 5.97 Å². The number of pyridine rings is 1. The van der Waals surface area contributed by atoms with Crippen molar-refractivity contribution in [2.45, 2.75) is 12.8 Å². The minimum Gasteiger partial charge on any atom is -0.462 e. The molecule has 1 aromatic carbocycles. The first-order valence-electron chi connectivity index (χ1n) is 7.75. The van der Waals surface area contributed by atoms with Crippen LogP contribution >= 0.6 is 0 Å². The second-order valence-corrected chi connectivity index (χ2v) is 5.27. The molecule has 2 aromatic heterocycles. The lowest BCUT2D eigenvalue weighted by Gasteiger charge is -2.09. The fourth-order valence-corrected chi connectivity index (χ4v) is 2.42. The lowest BCUT2D eigenvalue weighted by molar-refractivity contribution is 0.0501. The Morgan fingerprint density at radius 3 is 2.58 bits per heavy atom. The summed E-state index contributed by atoms with van der Waals surface area (Å²) in [6.07, 6.45) is 9.98. The van der Waals surface area contributed by atoms with Crippen LogP contribution in [0.1, 0.15) is 22.3 Å². The SMILES string of the molecule is O=C(OCCCc1cccnc1)c1ccccc1-c1cncnc1. The molecule has 0 fully saturated rings. The van der Waals surface area contributed by atoms with Gasteiger partial charge in [0.05, 0.1) is 12.2 Å². The monoisotopic (exact) mass is 319 g/mol. The second kappa shape index (κ2) is 7.97. The normalized spacial score (nSPS) is 10.3. The predicted octanol–water partition coefficient (Wildman–Crippen LogP) is 3.33. The van der Waals surface area contributed by atoms with Crippen LogP contribution in [0.15, 0.2) is 67.5 Å². The summed E-state index contributed by atoms with van der Waals surface area (Å²) in [5.41, 5.74) is 3.22. The van der Waals surface area contributed by atoms with E-state index in [1.54, 1.807) is 24.7 Å². The quantitative estimate of drug-likeness (QED) is 0.515. The molecule has 0 amide bonds. The Bertz CT molecular complexity index is 792. The van der Waals surface area contributed by atoms with Gasteiger partial charge in [0.1, 0.15) is 6.33 Å². The number of aromatic nitrogens is 3. The summed E-state index contributed by atoms with van der Waals surface area (Å²) in [6, 6.07) is 11.2. The van der Waals surface area contributed by atoms with Crippen LogP contribution in [0, 0.1) is 0 Å². The van der Waals surface area contributed by atoms with E-state index in [2.05, 4.69) is 15.0 Å². The van der Waals surface area contributed by atoms with Gasteiger partial charge in [-0.15, -0.1) is 0 Å². The highest BCUT2D eigenvalue weighted by Gasteiger charge is 2.13. The minimum atomic E-state index is -0.333. The fourth-order valence-electron chi connectivity index (χ4n) is 2.42. The van der Waals surface area contributed by atoms with E-state index < -0.39 is 0 Å². The maximum Gasteiger partial charge on any atom is 0.338 e. The minimum absolute atomic E-state index is 0.333. The number of esters is 1. The zero-order valence-corrected chi connectivity index (χ0v) is 13.1. The first-order chi connectivity index (χ1) is 11.8. The lowest BCUT2D eigenvalue weighted by Crippen LogP contribution is -2.08. The summed E-state index contributed by atoms with van der Waals surface area (Å²) in [6.45, 7) is 0.368. The first kappa shape index (κ1) is 15.8. The molecule has 0 atom stereocenters. The third-order valence-corrected chi connectivity index (χ3v) is 3.58. The van der Waals surface area contributed by atoms with Crippen LogP contribution in [0.4, 0.5) is 0 Å². The fraction of sp³-hybridized carbons (Fsp3) is 0.158. The van der Waals surface area contributed by atoms with Crippen molar-refractivity contribution in [1.29, 1.82) is 0 Å². The summed E-state index contributed by atoms with van der Waals surface area (Å²) in [4.78, 5) is 24.4. The largest absolute Gasteiger partial charge is 0.462 e. The topological polar surface area (TPSA) is 65.0 Å². The van der Waals surface area contributed by atoms with Crippen LogP contribution in [0.5, 0.6) is 0 Å². The third kappa shape index (κ3) is 4.01. The van der Waals surface area contributed by atoms with Gasteiger partial charge in [0.25, 0.3) is 0 Å². The summed E-state index contributed by atoms with van der Waals surface area (Å²) in [5.74, 6) is -0.333. The van der Waals surface area contributed by atoms with Crippen LogP contribution in [0.2, 0.25) is 0 Å². The highest BCUT2D eigenvalue weighted by atomic mass is 16.5. The van der Waals surface area contributed by atoms with Crippen molar-refractivity contribution in [3.05, 3.63) is 78.6 Å². The number of aryl methyl sites for hydroxylation is 1. The molecule has 0 N–H and O–H groups in total. The number of hydrogen-bond acceptors (Lipinski definition) is 5. The van der Waals surface area contributed by atoms with Gasteiger partial charge in [-0.3, -0.25) is 4.98 Å². The van der Waals surface area contributed by atoms with Gasteiger partial charge in [-0.2, -0.15) is 0 Å². The van der Waals surface area contributed by atoms with Crippen molar-refractivity contribution in [1.82, 2.24) is 15.0 Å². The van der Waals surface area contributed by atoms with Gasteiger partial charge in [0, 0.05) is 30.4 Å². The van der Waals surface area contributed by atoms with Crippen molar-refractivity contribution >= 4 is 5.97 Å². The maximum absolute atomic E-state index is 12.4. The van der Waals surface area contributed by atoms with Crippen molar-refractivity contribution in [3.63, 3.8) is 0 Å². The maximum atomic E-state index is 12.4. The van der Waals surface area contributed by atoms with E-state index in [1.807, 2.05) is 36.5 Å². The lowest BCUT2D eigenvalue weighted by atomic mass is 10.0. The number of nitrogens with zero attached hydrogens (tertiary/aromatic N) is 3. The predicted molar refractivity (Wildman–Crippen MR) is 90.3 cm³/mol. The van der Waals surface area contributed by atoms with Crippen molar-refractivity contribution in [2.75, 3.05) is 6.61 Å². The number of benzene rings is 1. The molecule has 0 saturated heterocycles. The van der Waals surface area contributed by atoms with Crippen LogP contribution in [-0.4, -0.2) is 27.5 Å². The number of carbonyl (C=O) groups is 1. The second-order valence-electron chi connectivity index (χ2n) is 5.27. The third-order valence-electron chi connectivity index (χ3n) is 3.58. The van der Waals surface area contributed by atoms with Crippen molar-refractivity contribution in [2.24, 2.45) is 0 Å². The molecule has 120 valence electrons. The van der Waals surface area contributed by atoms with Gasteiger partial charge >= 0.3 is 5.97 Å². The Hall–Kier alpha value is -3.08. The van der Waals surface area contributed by atoms with E-state index >= 15 is 0 Å². The van der Waals surface area contributed by atoms with Crippen LogP contribution < -0.4 is 0 Å². The molecule has 0 saturated carbocycles. The molecule has 24 heavy (non-hydrogen) atoms. The van der Waals surface area contributed by atoms with E-state index in [1.165, 1.54) is 6.33 Å². The highest BCUT2D eigenvalue weighted by molar-refractivity contribution is 5.97. The summed E-state index contributed by atoms with van der Waals surface area (Å²) in [7, 11) is 0. The molecule has 0 bridgehead atoms. The first-order valence-corrected chi connectivity index (χ1v) is 7.75. The average molecular weight is 319 g/mol. The zero-order chi connectivity index (χ0) is 16.6. The Balaban J connectivity index is 1.61. The van der Waals surface area contributed by atoms with Crippen molar-refractivity contribution in [3.8, 4) is 11.1 Å². The number of rotatable bonds is 6.